The van der Waals surface area contributed by atoms with Gasteiger partial charge in [0, 0.05) is 38.5 Å². The average Bonchev–Trinajstić information content (AvgIpc) is 2.92. The maximum absolute atomic E-state index is 12.2. The SMILES string of the molecule is CC(C)CN1CC(C(=O)NCCNC(=O)C2CCCCC2)CC1=O. The Kier molecular flexibility index (Phi) is 7.06. The zero-order chi connectivity index (χ0) is 17.5. The molecule has 0 aromatic rings. The topological polar surface area (TPSA) is 78.5 Å². The van der Waals surface area contributed by atoms with E-state index in [1.807, 2.05) is 0 Å². The second-order valence-corrected chi connectivity index (χ2v) is 7.51. The molecule has 1 aliphatic heterocycles. The predicted octanol–water partition coefficient (Wildman–Crippen LogP) is 1.30. The quantitative estimate of drug-likeness (QED) is 0.688. The van der Waals surface area contributed by atoms with Gasteiger partial charge in [0.05, 0.1) is 5.92 Å². The fraction of sp³-hybridized carbons (Fsp3) is 0.833. The van der Waals surface area contributed by atoms with Gasteiger partial charge in [0.2, 0.25) is 17.7 Å². The van der Waals surface area contributed by atoms with Gasteiger partial charge in [-0.05, 0) is 18.8 Å². The molecule has 1 saturated carbocycles. The molecule has 0 aromatic carbocycles. The van der Waals surface area contributed by atoms with Gasteiger partial charge in [0.25, 0.3) is 0 Å². The Bertz CT molecular complexity index is 458. The minimum absolute atomic E-state index is 0.0643. The van der Waals surface area contributed by atoms with Crippen molar-refractivity contribution in [3.8, 4) is 0 Å². The fourth-order valence-electron chi connectivity index (χ4n) is 3.59. The molecule has 1 unspecified atom stereocenters. The first kappa shape index (κ1) is 18.7. The molecule has 2 aliphatic rings. The van der Waals surface area contributed by atoms with Crippen LogP contribution in [0.2, 0.25) is 0 Å². The molecule has 1 saturated heterocycles. The van der Waals surface area contributed by atoms with Crippen LogP contribution < -0.4 is 10.6 Å². The van der Waals surface area contributed by atoms with Crippen LogP contribution >= 0.6 is 0 Å². The van der Waals surface area contributed by atoms with Gasteiger partial charge < -0.3 is 15.5 Å². The molecule has 6 nitrogen and oxygen atoms in total. The van der Waals surface area contributed by atoms with Crippen LogP contribution in [0, 0.1) is 17.8 Å². The lowest BCUT2D eigenvalue weighted by Gasteiger charge is -2.21. The van der Waals surface area contributed by atoms with Gasteiger partial charge in [-0.15, -0.1) is 0 Å². The monoisotopic (exact) mass is 337 g/mol. The minimum atomic E-state index is -0.259. The van der Waals surface area contributed by atoms with Crippen molar-refractivity contribution in [2.45, 2.75) is 52.4 Å². The molecule has 2 N–H and O–H groups in total. The molecule has 136 valence electrons. The molecule has 0 bridgehead atoms. The van der Waals surface area contributed by atoms with E-state index < -0.39 is 0 Å². The fourth-order valence-corrected chi connectivity index (χ4v) is 3.59. The minimum Gasteiger partial charge on any atom is -0.354 e. The highest BCUT2D eigenvalue weighted by Gasteiger charge is 2.34. The van der Waals surface area contributed by atoms with E-state index in [9.17, 15) is 14.4 Å². The molecule has 6 heteroatoms. The van der Waals surface area contributed by atoms with Crippen LogP contribution in [-0.4, -0.2) is 48.8 Å². The number of carbonyl (C=O) groups excluding carboxylic acids is 3. The first-order valence-electron chi connectivity index (χ1n) is 9.30. The summed E-state index contributed by atoms with van der Waals surface area (Å²) in [6, 6.07) is 0. The maximum Gasteiger partial charge on any atom is 0.225 e. The second-order valence-electron chi connectivity index (χ2n) is 7.51. The standard InChI is InChI=1S/C18H31N3O3/c1-13(2)11-21-12-15(10-16(21)22)18(24)20-9-8-19-17(23)14-6-4-3-5-7-14/h13-15H,3-12H2,1-2H3,(H,19,23)(H,20,24). The molecular formula is C18H31N3O3. The first-order chi connectivity index (χ1) is 11.5. The van der Waals surface area contributed by atoms with Gasteiger partial charge in [0.15, 0.2) is 0 Å². The zero-order valence-corrected chi connectivity index (χ0v) is 15.0. The number of amides is 3. The van der Waals surface area contributed by atoms with E-state index in [1.165, 1.54) is 6.42 Å². The molecule has 1 aliphatic carbocycles. The van der Waals surface area contributed by atoms with Gasteiger partial charge in [-0.25, -0.2) is 0 Å². The highest BCUT2D eigenvalue weighted by atomic mass is 16.2. The van der Waals surface area contributed by atoms with Crippen molar-refractivity contribution in [3.05, 3.63) is 0 Å². The van der Waals surface area contributed by atoms with Crippen LogP contribution in [0.1, 0.15) is 52.4 Å². The van der Waals surface area contributed by atoms with Gasteiger partial charge in [-0.1, -0.05) is 33.1 Å². The van der Waals surface area contributed by atoms with Gasteiger partial charge in [-0.3, -0.25) is 14.4 Å². The first-order valence-corrected chi connectivity index (χ1v) is 9.30. The maximum atomic E-state index is 12.2. The van der Waals surface area contributed by atoms with Crippen LogP contribution in [0.5, 0.6) is 0 Å². The molecular weight excluding hydrogens is 306 g/mol. The second kappa shape index (κ2) is 9.04. The van der Waals surface area contributed by atoms with Crippen molar-refractivity contribution in [3.63, 3.8) is 0 Å². The molecule has 1 heterocycles. The summed E-state index contributed by atoms with van der Waals surface area (Å²) < 4.78 is 0. The summed E-state index contributed by atoms with van der Waals surface area (Å²) in [7, 11) is 0. The molecule has 24 heavy (non-hydrogen) atoms. The van der Waals surface area contributed by atoms with E-state index in [2.05, 4.69) is 24.5 Å². The summed E-state index contributed by atoms with van der Waals surface area (Å²) in [4.78, 5) is 37.9. The summed E-state index contributed by atoms with van der Waals surface area (Å²) in [6.07, 6.45) is 5.76. The largest absolute Gasteiger partial charge is 0.354 e. The van der Waals surface area contributed by atoms with Crippen molar-refractivity contribution in [2.75, 3.05) is 26.2 Å². The third kappa shape index (κ3) is 5.49. The van der Waals surface area contributed by atoms with Crippen LogP contribution in [0.25, 0.3) is 0 Å². The lowest BCUT2D eigenvalue weighted by Crippen LogP contribution is -2.40. The Morgan fingerprint density at radius 1 is 1.04 bits per heavy atom. The summed E-state index contributed by atoms with van der Waals surface area (Å²) in [5.41, 5.74) is 0. The summed E-state index contributed by atoms with van der Waals surface area (Å²) in [6.45, 7) is 6.23. The summed E-state index contributed by atoms with van der Waals surface area (Å²) in [5.74, 6) is 0.390. The summed E-state index contributed by atoms with van der Waals surface area (Å²) >= 11 is 0. The van der Waals surface area contributed by atoms with Crippen LogP contribution in [0.15, 0.2) is 0 Å². The van der Waals surface area contributed by atoms with Crippen molar-refractivity contribution >= 4 is 17.7 Å². The Hall–Kier alpha value is -1.59. The van der Waals surface area contributed by atoms with E-state index in [-0.39, 0.29) is 29.6 Å². The highest BCUT2D eigenvalue weighted by Crippen LogP contribution is 2.23. The van der Waals surface area contributed by atoms with E-state index >= 15 is 0 Å². The Morgan fingerprint density at radius 3 is 2.21 bits per heavy atom. The van der Waals surface area contributed by atoms with Crippen LogP contribution in [-0.2, 0) is 14.4 Å². The molecule has 0 aromatic heterocycles. The smallest absolute Gasteiger partial charge is 0.225 e. The Balaban J connectivity index is 1.63. The van der Waals surface area contributed by atoms with Crippen LogP contribution in [0.3, 0.4) is 0 Å². The van der Waals surface area contributed by atoms with Gasteiger partial charge >= 0.3 is 0 Å². The number of nitrogens with zero attached hydrogens (tertiary/aromatic N) is 1. The summed E-state index contributed by atoms with van der Waals surface area (Å²) in [5, 5.41) is 5.76. The molecule has 2 fully saturated rings. The number of carbonyl (C=O) groups is 3. The Morgan fingerprint density at radius 2 is 1.62 bits per heavy atom. The lowest BCUT2D eigenvalue weighted by atomic mass is 9.89. The average molecular weight is 337 g/mol. The number of nitrogens with one attached hydrogen (secondary N) is 2. The van der Waals surface area contributed by atoms with E-state index in [0.29, 0.717) is 38.5 Å². The van der Waals surface area contributed by atoms with Crippen LogP contribution in [0.4, 0.5) is 0 Å². The molecule has 1 atom stereocenters. The third-order valence-corrected chi connectivity index (χ3v) is 4.87. The van der Waals surface area contributed by atoms with Crippen molar-refractivity contribution in [1.29, 1.82) is 0 Å². The molecule has 2 rings (SSSR count). The number of hydrogen-bond donors (Lipinski definition) is 2. The van der Waals surface area contributed by atoms with E-state index in [0.717, 1.165) is 25.7 Å². The number of rotatable bonds is 7. The van der Waals surface area contributed by atoms with Crippen molar-refractivity contribution in [1.82, 2.24) is 15.5 Å². The molecule has 3 amide bonds. The van der Waals surface area contributed by atoms with Crippen molar-refractivity contribution in [2.24, 2.45) is 17.8 Å². The lowest BCUT2D eigenvalue weighted by molar-refractivity contribution is -0.129. The zero-order valence-electron chi connectivity index (χ0n) is 15.0. The predicted molar refractivity (Wildman–Crippen MR) is 92.1 cm³/mol. The normalized spacial score (nSPS) is 22.0. The molecule has 0 spiro atoms. The van der Waals surface area contributed by atoms with E-state index in [4.69, 9.17) is 0 Å². The van der Waals surface area contributed by atoms with Gasteiger partial charge in [0.1, 0.15) is 0 Å². The Labute approximate surface area is 144 Å². The van der Waals surface area contributed by atoms with Crippen molar-refractivity contribution < 1.29 is 14.4 Å². The highest BCUT2D eigenvalue weighted by molar-refractivity contribution is 5.89. The number of likely N-dealkylation sites (tertiary alicyclic amines) is 1. The number of hydrogen-bond acceptors (Lipinski definition) is 3. The third-order valence-electron chi connectivity index (χ3n) is 4.87. The molecule has 0 radical (unpaired) electrons. The van der Waals surface area contributed by atoms with E-state index in [1.54, 1.807) is 4.90 Å². The van der Waals surface area contributed by atoms with Gasteiger partial charge in [-0.2, -0.15) is 0 Å².